The van der Waals surface area contributed by atoms with Gasteiger partial charge in [-0.2, -0.15) is 0 Å². The van der Waals surface area contributed by atoms with Crippen molar-refractivity contribution in [3.8, 4) is 0 Å². The first-order valence-corrected chi connectivity index (χ1v) is 9.40. The largest absolute Gasteiger partial charge is 0.253 e. The molecule has 0 fully saturated rings. The molecule has 2 heteroatoms. The monoisotopic (exact) mass is 313 g/mol. The van der Waals surface area contributed by atoms with Crippen molar-refractivity contribution in [1.29, 1.82) is 0 Å². The number of aromatic nitrogens is 2. The summed E-state index contributed by atoms with van der Waals surface area (Å²) in [5.41, 5.74) is 1.44. The zero-order valence-electron chi connectivity index (χ0n) is 15.0. The first-order valence-electron chi connectivity index (χ1n) is 9.40. The third kappa shape index (κ3) is 6.21. The van der Waals surface area contributed by atoms with Crippen molar-refractivity contribution in [2.45, 2.75) is 78.3 Å². The van der Waals surface area contributed by atoms with E-state index in [9.17, 15) is 0 Å². The molecule has 0 aliphatic rings. The molecule has 0 unspecified atom stereocenters. The smallest absolute Gasteiger partial charge is 0.234 e. The Hall–Kier alpha value is -1.57. The molecule has 0 N–H and O–H groups in total. The second-order valence-corrected chi connectivity index (χ2v) is 6.59. The maximum absolute atomic E-state index is 2.42. The van der Waals surface area contributed by atoms with E-state index in [2.05, 4.69) is 65.7 Å². The summed E-state index contributed by atoms with van der Waals surface area (Å²) in [6.07, 6.45) is 15.1. The molecule has 0 aliphatic heterocycles. The topological polar surface area (TPSA) is 8.81 Å². The minimum absolute atomic E-state index is 1.12. The summed E-state index contributed by atoms with van der Waals surface area (Å²) < 4.78 is 4.82. The zero-order valence-corrected chi connectivity index (χ0v) is 15.0. The van der Waals surface area contributed by atoms with E-state index in [1.807, 2.05) is 0 Å². The van der Waals surface area contributed by atoms with Crippen molar-refractivity contribution < 1.29 is 4.57 Å². The van der Waals surface area contributed by atoms with E-state index in [0.717, 1.165) is 13.0 Å². The number of benzene rings is 1. The van der Waals surface area contributed by atoms with Gasteiger partial charge in [0, 0.05) is 6.92 Å². The van der Waals surface area contributed by atoms with Gasteiger partial charge in [-0.1, -0.05) is 62.9 Å². The van der Waals surface area contributed by atoms with Crippen LogP contribution < -0.4 is 4.57 Å². The maximum atomic E-state index is 2.42. The fourth-order valence-electron chi connectivity index (χ4n) is 3.18. The molecule has 1 heterocycles. The molecule has 0 aliphatic carbocycles. The van der Waals surface area contributed by atoms with Gasteiger partial charge < -0.3 is 0 Å². The second kappa shape index (κ2) is 10.3. The summed E-state index contributed by atoms with van der Waals surface area (Å²) in [4.78, 5) is 0. The van der Waals surface area contributed by atoms with Gasteiger partial charge in [0.1, 0.15) is 12.4 Å². The summed E-state index contributed by atoms with van der Waals surface area (Å²) in [6, 6.07) is 10.8. The average molecular weight is 314 g/mol. The van der Waals surface area contributed by atoms with Crippen LogP contribution in [0, 0.1) is 6.92 Å². The number of rotatable bonds is 11. The molecule has 0 saturated heterocycles. The van der Waals surface area contributed by atoms with E-state index >= 15 is 0 Å². The van der Waals surface area contributed by atoms with Crippen LogP contribution in [0.3, 0.4) is 0 Å². The summed E-state index contributed by atoms with van der Waals surface area (Å²) in [6.45, 7) is 6.81. The van der Waals surface area contributed by atoms with Gasteiger partial charge in [-0.05, 0) is 31.2 Å². The Kier molecular flexibility index (Phi) is 7.92. The van der Waals surface area contributed by atoms with Crippen molar-refractivity contribution in [1.82, 2.24) is 4.57 Å². The highest BCUT2D eigenvalue weighted by Gasteiger charge is 2.11. The van der Waals surface area contributed by atoms with E-state index in [1.54, 1.807) is 0 Å². The minimum atomic E-state index is 1.12. The van der Waals surface area contributed by atoms with Crippen molar-refractivity contribution in [2.75, 3.05) is 0 Å². The zero-order chi connectivity index (χ0) is 16.3. The molecule has 0 atom stereocenters. The standard InChI is InChI=1S/C21H33N2/c1-3-4-5-6-7-11-16-22-18-19-23(20(22)2)17-12-15-21-13-9-8-10-14-21/h8-10,13-14,18-19H,3-7,11-12,15-17H2,1-2H3/q+1. The summed E-state index contributed by atoms with van der Waals surface area (Å²) in [5, 5.41) is 0. The first-order chi connectivity index (χ1) is 11.3. The lowest BCUT2D eigenvalue weighted by molar-refractivity contribution is -0.702. The van der Waals surface area contributed by atoms with E-state index < -0.39 is 0 Å². The molecular formula is C21H33N2+. The van der Waals surface area contributed by atoms with Gasteiger partial charge in [0.15, 0.2) is 0 Å². The Morgan fingerprint density at radius 3 is 2.43 bits per heavy atom. The van der Waals surface area contributed by atoms with Crippen molar-refractivity contribution in [3.05, 3.63) is 54.1 Å². The molecule has 126 valence electrons. The van der Waals surface area contributed by atoms with Crippen LogP contribution in [0.4, 0.5) is 0 Å². The lowest BCUT2D eigenvalue weighted by Gasteiger charge is -2.03. The highest BCUT2D eigenvalue weighted by atomic mass is 15.1. The van der Waals surface area contributed by atoms with Gasteiger partial charge in [-0.25, -0.2) is 9.13 Å². The molecule has 0 saturated carbocycles. The molecule has 23 heavy (non-hydrogen) atoms. The van der Waals surface area contributed by atoms with Crippen LogP contribution in [0.5, 0.6) is 0 Å². The van der Waals surface area contributed by atoms with Crippen LogP contribution in [-0.2, 0) is 19.5 Å². The third-order valence-corrected chi connectivity index (χ3v) is 4.72. The Balaban J connectivity index is 1.69. The van der Waals surface area contributed by atoms with Crippen LogP contribution in [0.1, 0.15) is 63.3 Å². The second-order valence-electron chi connectivity index (χ2n) is 6.59. The first kappa shape index (κ1) is 17.8. The predicted octanol–water partition coefficient (Wildman–Crippen LogP) is 5.08. The van der Waals surface area contributed by atoms with Gasteiger partial charge >= 0.3 is 0 Å². The summed E-state index contributed by atoms with van der Waals surface area (Å²) >= 11 is 0. The molecule has 2 rings (SSSR count). The molecule has 0 spiro atoms. The molecule has 2 aromatic rings. The summed E-state index contributed by atoms with van der Waals surface area (Å²) in [5.74, 6) is 1.40. The number of unbranched alkanes of at least 4 members (excludes halogenated alkanes) is 5. The SMILES string of the molecule is CCCCCCCCn1cc[n+](CCCc2ccccc2)c1C. The van der Waals surface area contributed by atoms with Crippen LogP contribution >= 0.6 is 0 Å². The number of aryl methyl sites for hydroxylation is 3. The molecule has 2 nitrogen and oxygen atoms in total. The average Bonchev–Trinajstić information content (AvgIpc) is 2.92. The Bertz CT molecular complexity index is 542. The van der Waals surface area contributed by atoms with Gasteiger partial charge in [0.05, 0.1) is 13.1 Å². The number of imidazole rings is 1. The van der Waals surface area contributed by atoms with E-state index in [0.29, 0.717) is 0 Å². The molecular weight excluding hydrogens is 280 g/mol. The van der Waals surface area contributed by atoms with Crippen molar-refractivity contribution in [2.24, 2.45) is 0 Å². The predicted molar refractivity (Wildman–Crippen MR) is 97.5 cm³/mol. The molecule has 1 aromatic carbocycles. The third-order valence-electron chi connectivity index (χ3n) is 4.72. The normalized spacial score (nSPS) is 11.0. The van der Waals surface area contributed by atoms with E-state index in [1.165, 1.54) is 62.9 Å². The van der Waals surface area contributed by atoms with E-state index in [-0.39, 0.29) is 0 Å². The molecule has 0 bridgehead atoms. The molecule has 0 amide bonds. The van der Waals surface area contributed by atoms with Crippen LogP contribution in [0.25, 0.3) is 0 Å². The lowest BCUT2D eigenvalue weighted by Crippen LogP contribution is -2.35. The van der Waals surface area contributed by atoms with E-state index in [4.69, 9.17) is 0 Å². The van der Waals surface area contributed by atoms with Crippen LogP contribution in [-0.4, -0.2) is 4.57 Å². The van der Waals surface area contributed by atoms with Gasteiger partial charge in [-0.15, -0.1) is 0 Å². The minimum Gasteiger partial charge on any atom is -0.234 e. The van der Waals surface area contributed by atoms with Crippen LogP contribution in [0.15, 0.2) is 42.7 Å². The fourth-order valence-corrected chi connectivity index (χ4v) is 3.18. The van der Waals surface area contributed by atoms with Gasteiger partial charge in [0.2, 0.25) is 0 Å². The number of hydrogen-bond donors (Lipinski definition) is 0. The lowest BCUT2D eigenvalue weighted by atomic mass is 10.1. The van der Waals surface area contributed by atoms with Crippen LogP contribution in [0.2, 0.25) is 0 Å². The Morgan fingerprint density at radius 2 is 1.65 bits per heavy atom. The van der Waals surface area contributed by atoms with Crippen molar-refractivity contribution >= 4 is 0 Å². The van der Waals surface area contributed by atoms with Crippen molar-refractivity contribution in [3.63, 3.8) is 0 Å². The molecule has 0 radical (unpaired) electrons. The Morgan fingerprint density at radius 1 is 0.913 bits per heavy atom. The highest BCUT2D eigenvalue weighted by Crippen LogP contribution is 2.07. The number of nitrogens with zero attached hydrogens (tertiary/aromatic N) is 2. The fraction of sp³-hybridized carbons (Fsp3) is 0.571. The number of hydrogen-bond acceptors (Lipinski definition) is 0. The molecule has 1 aromatic heterocycles. The maximum Gasteiger partial charge on any atom is 0.253 e. The van der Waals surface area contributed by atoms with Gasteiger partial charge in [0.25, 0.3) is 5.82 Å². The van der Waals surface area contributed by atoms with Gasteiger partial charge in [-0.3, -0.25) is 0 Å². The Labute approximate surface area is 142 Å². The highest BCUT2D eigenvalue weighted by molar-refractivity contribution is 5.14. The quantitative estimate of drug-likeness (QED) is 0.404. The summed E-state index contributed by atoms with van der Waals surface area (Å²) in [7, 11) is 0.